The van der Waals surface area contributed by atoms with Crippen LogP contribution in [0.3, 0.4) is 0 Å². The second kappa shape index (κ2) is 4.73. The van der Waals surface area contributed by atoms with E-state index in [-0.39, 0.29) is 4.91 Å². The second-order valence-electron chi connectivity index (χ2n) is 3.93. The van der Waals surface area contributed by atoms with Crippen LogP contribution in [0.4, 0.5) is 0 Å². The van der Waals surface area contributed by atoms with Gasteiger partial charge in [0.25, 0.3) is 5.78 Å². The predicted octanol–water partition coefficient (Wildman–Crippen LogP) is 2.25. The Morgan fingerprint density at radius 1 is 1.44 bits per heavy atom. The normalized spacial score (nSPS) is 16.2. The third kappa shape index (κ3) is 2.06. The lowest BCUT2D eigenvalue weighted by atomic mass is 9.92. The van der Waals surface area contributed by atoms with E-state index >= 15 is 0 Å². The number of thiol groups is 1. The number of hydrogen-bond donors (Lipinski definition) is 1. The molecule has 5 nitrogen and oxygen atoms in total. The summed E-state index contributed by atoms with van der Waals surface area (Å²) in [7, 11) is 0. The highest BCUT2D eigenvalue weighted by Gasteiger charge is 2.35. The fourth-order valence-corrected chi connectivity index (χ4v) is 2.32. The molecule has 1 aliphatic carbocycles. The van der Waals surface area contributed by atoms with Crippen LogP contribution in [-0.4, -0.2) is 15.7 Å². The van der Waals surface area contributed by atoms with Crippen LogP contribution in [-0.2, 0) is 4.79 Å². The maximum absolute atomic E-state index is 12.1. The number of ketones is 1. The molecule has 6 heteroatoms. The number of carbonyl (C=O) groups is 1. The lowest BCUT2D eigenvalue weighted by Gasteiger charge is -2.15. The van der Waals surface area contributed by atoms with Gasteiger partial charge in [0.2, 0.25) is 0 Å². The number of Topliss-reactive ketones (excluding diaryl/α,β-unsaturated/α-hetero) is 1. The molecule has 0 amide bonds. The van der Waals surface area contributed by atoms with E-state index in [2.05, 4.69) is 17.6 Å². The fourth-order valence-electron chi connectivity index (χ4n) is 1.90. The molecule has 1 aromatic heterocycles. The number of nitro groups is 1. The molecule has 0 saturated heterocycles. The average Bonchev–Trinajstić information content (AvgIpc) is 2.28. The Balaban J connectivity index is 2.53. The van der Waals surface area contributed by atoms with Crippen molar-refractivity contribution in [2.45, 2.75) is 13.3 Å². The maximum Gasteiger partial charge on any atom is 0.326 e. The minimum atomic E-state index is -0.681. The van der Waals surface area contributed by atoms with Crippen molar-refractivity contribution >= 4 is 24.0 Å². The first-order valence-electron chi connectivity index (χ1n) is 5.24. The lowest BCUT2D eigenvalue weighted by molar-refractivity contribution is -0.418. The molecule has 0 bridgehead atoms. The van der Waals surface area contributed by atoms with Gasteiger partial charge in [-0.25, -0.2) is 0 Å². The highest BCUT2D eigenvalue weighted by molar-refractivity contribution is 7.84. The topological polar surface area (TPSA) is 73.1 Å². The number of rotatable bonds is 2. The molecular weight excluding hydrogens is 252 g/mol. The van der Waals surface area contributed by atoms with E-state index in [0.717, 1.165) is 5.57 Å². The zero-order valence-corrected chi connectivity index (χ0v) is 10.5. The Labute approximate surface area is 109 Å². The van der Waals surface area contributed by atoms with Crippen LogP contribution in [0, 0.1) is 10.1 Å². The van der Waals surface area contributed by atoms with Gasteiger partial charge in [-0.2, -0.15) is 0 Å². The van der Waals surface area contributed by atoms with Crippen molar-refractivity contribution < 1.29 is 9.72 Å². The summed E-state index contributed by atoms with van der Waals surface area (Å²) in [5.74, 6) is -0.618. The van der Waals surface area contributed by atoms with E-state index in [1.807, 2.05) is 0 Å². The molecule has 0 unspecified atom stereocenters. The summed E-state index contributed by atoms with van der Waals surface area (Å²) in [6.07, 6.45) is 1.85. The molecule has 1 aliphatic rings. The Bertz CT molecular complexity index is 591. The molecule has 0 saturated carbocycles. The van der Waals surface area contributed by atoms with Crippen molar-refractivity contribution in [2.24, 2.45) is 0 Å². The van der Waals surface area contributed by atoms with Crippen molar-refractivity contribution in [3.8, 4) is 0 Å². The monoisotopic (exact) mass is 262 g/mol. The summed E-state index contributed by atoms with van der Waals surface area (Å²) in [5, 5.41) is 10.9. The van der Waals surface area contributed by atoms with Gasteiger partial charge in [0.05, 0.1) is 21.1 Å². The Morgan fingerprint density at radius 2 is 2.17 bits per heavy atom. The summed E-state index contributed by atoms with van der Waals surface area (Å²) in [5.41, 5.74) is 1.05. The van der Waals surface area contributed by atoms with Crippen molar-refractivity contribution in [2.75, 3.05) is 0 Å². The van der Waals surface area contributed by atoms with E-state index in [1.54, 1.807) is 31.3 Å². The largest absolute Gasteiger partial charge is 0.326 e. The van der Waals surface area contributed by atoms with Crippen LogP contribution < -0.4 is 0 Å². The number of carbonyl (C=O) groups excluding carboxylic acids is 1. The molecule has 0 spiro atoms. The van der Waals surface area contributed by atoms with Gasteiger partial charge in [-0.15, -0.1) is 12.6 Å². The van der Waals surface area contributed by atoms with E-state index in [1.165, 1.54) is 0 Å². The van der Waals surface area contributed by atoms with Gasteiger partial charge >= 0.3 is 5.70 Å². The zero-order chi connectivity index (χ0) is 13.3. The highest BCUT2D eigenvalue weighted by atomic mass is 32.1. The summed E-state index contributed by atoms with van der Waals surface area (Å²) in [4.78, 5) is 26.6. The maximum atomic E-state index is 12.1. The molecule has 1 aromatic rings. The van der Waals surface area contributed by atoms with E-state index in [4.69, 9.17) is 0 Å². The third-order valence-electron chi connectivity index (χ3n) is 2.68. The number of allylic oxidation sites excluding steroid dienone is 3. The van der Waals surface area contributed by atoms with Crippen LogP contribution in [0.1, 0.15) is 19.0 Å². The molecule has 0 aliphatic heterocycles. The van der Waals surface area contributed by atoms with Crippen molar-refractivity contribution in [1.82, 2.24) is 4.98 Å². The highest BCUT2D eigenvalue weighted by Crippen LogP contribution is 2.33. The van der Waals surface area contributed by atoms with Gasteiger partial charge < -0.3 is 0 Å². The van der Waals surface area contributed by atoms with Crippen molar-refractivity contribution in [3.63, 3.8) is 0 Å². The minimum Gasteiger partial charge on any atom is -0.281 e. The van der Waals surface area contributed by atoms with Gasteiger partial charge in [0.1, 0.15) is 0 Å². The first-order valence-corrected chi connectivity index (χ1v) is 5.69. The van der Waals surface area contributed by atoms with E-state index in [9.17, 15) is 14.9 Å². The first kappa shape index (κ1) is 12.5. The molecular formula is C12H10N2O3S. The Kier molecular flexibility index (Phi) is 3.29. The molecule has 0 aromatic carbocycles. The van der Waals surface area contributed by atoms with Crippen LogP contribution >= 0.6 is 12.6 Å². The standard InChI is InChI=1S/C12H10N2O3S/c1-7-6-9(18)11(14(16)17)12(15)10(7)8-4-2-3-5-13-8/h2-5,18H,6H2,1H3. The van der Waals surface area contributed by atoms with Crippen LogP contribution in [0.2, 0.25) is 0 Å². The van der Waals surface area contributed by atoms with Gasteiger partial charge in [0.15, 0.2) is 0 Å². The van der Waals surface area contributed by atoms with Crippen LogP contribution in [0.25, 0.3) is 5.57 Å². The van der Waals surface area contributed by atoms with Gasteiger partial charge in [-0.1, -0.05) is 11.6 Å². The number of nitrogens with zero attached hydrogens (tertiary/aromatic N) is 2. The smallest absolute Gasteiger partial charge is 0.281 e. The van der Waals surface area contributed by atoms with Crippen LogP contribution in [0.15, 0.2) is 40.6 Å². The minimum absolute atomic E-state index is 0.196. The summed E-state index contributed by atoms with van der Waals surface area (Å²) in [6, 6.07) is 5.13. The molecule has 92 valence electrons. The van der Waals surface area contributed by atoms with Crippen molar-refractivity contribution in [1.29, 1.82) is 0 Å². The predicted molar refractivity (Wildman–Crippen MR) is 69.5 cm³/mol. The molecule has 0 N–H and O–H groups in total. The Hall–Kier alpha value is -1.95. The van der Waals surface area contributed by atoms with Gasteiger partial charge in [-0.3, -0.25) is 19.9 Å². The first-order chi connectivity index (χ1) is 8.52. The summed E-state index contributed by atoms with van der Waals surface area (Å²) >= 11 is 4.03. The zero-order valence-electron chi connectivity index (χ0n) is 9.58. The van der Waals surface area contributed by atoms with Crippen LogP contribution in [0.5, 0.6) is 0 Å². The molecule has 0 atom stereocenters. The molecule has 2 rings (SSSR count). The summed E-state index contributed by atoms with van der Waals surface area (Å²) < 4.78 is 0. The number of hydrogen-bond acceptors (Lipinski definition) is 5. The SMILES string of the molecule is CC1=C(c2ccccn2)C(=O)C([N+](=O)[O-])=C(S)C1. The molecule has 18 heavy (non-hydrogen) atoms. The molecule has 0 fully saturated rings. The second-order valence-corrected chi connectivity index (χ2v) is 4.47. The average molecular weight is 262 g/mol. The molecule has 1 heterocycles. The van der Waals surface area contributed by atoms with Gasteiger partial charge in [-0.05, 0) is 19.1 Å². The molecule has 0 radical (unpaired) electrons. The lowest BCUT2D eigenvalue weighted by Crippen LogP contribution is -2.20. The van der Waals surface area contributed by atoms with Gasteiger partial charge in [0, 0.05) is 12.6 Å². The summed E-state index contributed by atoms with van der Waals surface area (Å²) in [6.45, 7) is 1.76. The quantitative estimate of drug-likeness (QED) is 0.504. The number of aromatic nitrogens is 1. The van der Waals surface area contributed by atoms with E-state index < -0.39 is 16.4 Å². The van der Waals surface area contributed by atoms with E-state index in [0.29, 0.717) is 17.7 Å². The van der Waals surface area contributed by atoms with Crippen molar-refractivity contribution in [3.05, 3.63) is 56.4 Å². The Morgan fingerprint density at radius 3 is 2.72 bits per heavy atom. The third-order valence-corrected chi connectivity index (χ3v) is 3.05. The number of pyridine rings is 1. The fraction of sp³-hybridized carbons (Fsp3) is 0.167.